The number of rotatable bonds is 5. The highest BCUT2D eigenvalue weighted by molar-refractivity contribution is 4.94. The van der Waals surface area contributed by atoms with Crippen LogP contribution in [0.2, 0.25) is 0 Å². The molecule has 2 heteroatoms. The molecule has 3 aliphatic rings. The molecule has 2 aliphatic carbocycles. The maximum absolute atomic E-state index is 3.64. The molecule has 0 aromatic carbocycles. The van der Waals surface area contributed by atoms with Crippen molar-refractivity contribution in [2.45, 2.75) is 64.3 Å². The molecular formula is C17H32N2. The SMILES string of the molecule is CCCNCC1CCC1N1CCC2CCCCC2C1. The van der Waals surface area contributed by atoms with Crippen LogP contribution in [0.5, 0.6) is 0 Å². The van der Waals surface area contributed by atoms with Crippen LogP contribution >= 0.6 is 0 Å². The highest BCUT2D eigenvalue weighted by Gasteiger charge is 2.39. The van der Waals surface area contributed by atoms with Crippen molar-refractivity contribution in [2.24, 2.45) is 17.8 Å². The number of nitrogens with one attached hydrogen (secondary N) is 1. The lowest BCUT2D eigenvalue weighted by Gasteiger charge is -2.50. The van der Waals surface area contributed by atoms with E-state index >= 15 is 0 Å². The van der Waals surface area contributed by atoms with Crippen molar-refractivity contribution in [1.82, 2.24) is 10.2 Å². The molecule has 3 rings (SSSR count). The van der Waals surface area contributed by atoms with Crippen molar-refractivity contribution >= 4 is 0 Å². The van der Waals surface area contributed by atoms with Crippen LogP contribution in [0.1, 0.15) is 58.3 Å². The third-order valence-electron chi connectivity index (χ3n) is 6.00. The third kappa shape index (κ3) is 3.16. The normalized spacial score (nSPS) is 39.6. The molecule has 1 heterocycles. The molecular weight excluding hydrogens is 232 g/mol. The molecule has 2 saturated carbocycles. The minimum atomic E-state index is 0.923. The van der Waals surface area contributed by atoms with Gasteiger partial charge in [-0.05, 0) is 69.5 Å². The van der Waals surface area contributed by atoms with Gasteiger partial charge in [-0.2, -0.15) is 0 Å². The van der Waals surface area contributed by atoms with E-state index in [9.17, 15) is 0 Å². The van der Waals surface area contributed by atoms with Gasteiger partial charge in [-0.25, -0.2) is 0 Å². The first kappa shape index (κ1) is 13.9. The van der Waals surface area contributed by atoms with Crippen LogP contribution in [0.4, 0.5) is 0 Å². The minimum Gasteiger partial charge on any atom is -0.316 e. The Hall–Kier alpha value is -0.0800. The van der Waals surface area contributed by atoms with Gasteiger partial charge in [-0.1, -0.05) is 26.2 Å². The van der Waals surface area contributed by atoms with Crippen LogP contribution in [0.15, 0.2) is 0 Å². The second kappa shape index (κ2) is 6.58. The lowest BCUT2D eigenvalue weighted by Crippen LogP contribution is -2.55. The second-order valence-electron chi connectivity index (χ2n) is 7.20. The predicted octanol–water partition coefficient (Wildman–Crippen LogP) is 3.28. The number of hydrogen-bond donors (Lipinski definition) is 1. The fourth-order valence-electron chi connectivity index (χ4n) is 4.66. The molecule has 110 valence electrons. The number of hydrogen-bond acceptors (Lipinski definition) is 2. The summed E-state index contributed by atoms with van der Waals surface area (Å²) < 4.78 is 0. The summed E-state index contributed by atoms with van der Waals surface area (Å²) in [6, 6.07) is 0.923. The summed E-state index contributed by atoms with van der Waals surface area (Å²) in [7, 11) is 0. The molecule has 1 saturated heterocycles. The largest absolute Gasteiger partial charge is 0.316 e. The van der Waals surface area contributed by atoms with Gasteiger partial charge in [-0.15, -0.1) is 0 Å². The zero-order valence-corrected chi connectivity index (χ0v) is 12.7. The van der Waals surface area contributed by atoms with E-state index in [0.29, 0.717) is 0 Å². The minimum absolute atomic E-state index is 0.923. The van der Waals surface area contributed by atoms with E-state index < -0.39 is 0 Å². The molecule has 3 fully saturated rings. The van der Waals surface area contributed by atoms with Gasteiger partial charge in [0.1, 0.15) is 0 Å². The Balaban J connectivity index is 1.46. The summed E-state index contributed by atoms with van der Waals surface area (Å²) in [6.07, 6.45) is 11.8. The zero-order valence-electron chi connectivity index (χ0n) is 12.7. The summed E-state index contributed by atoms with van der Waals surface area (Å²) in [5.41, 5.74) is 0. The number of fused-ring (bicyclic) bond motifs is 1. The first-order valence-corrected chi connectivity index (χ1v) is 8.83. The fraction of sp³-hybridized carbons (Fsp3) is 1.00. The first-order chi connectivity index (χ1) is 9.38. The van der Waals surface area contributed by atoms with Crippen LogP contribution in [-0.2, 0) is 0 Å². The van der Waals surface area contributed by atoms with Crippen LogP contribution in [0.3, 0.4) is 0 Å². The van der Waals surface area contributed by atoms with Crippen molar-refractivity contribution < 1.29 is 0 Å². The molecule has 0 spiro atoms. The molecule has 19 heavy (non-hydrogen) atoms. The molecule has 0 aromatic rings. The van der Waals surface area contributed by atoms with Crippen molar-refractivity contribution in [3.8, 4) is 0 Å². The summed E-state index contributed by atoms with van der Waals surface area (Å²) in [6.45, 7) is 7.56. The van der Waals surface area contributed by atoms with Crippen LogP contribution in [0.25, 0.3) is 0 Å². The Morgan fingerprint density at radius 1 is 1.00 bits per heavy atom. The lowest BCUT2D eigenvalue weighted by atomic mass is 9.72. The van der Waals surface area contributed by atoms with Gasteiger partial charge >= 0.3 is 0 Å². The number of likely N-dealkylation sites (tertiary alicyclic amines) is 1. The van der Waals surface area contributed by atoms with Crippen molar-refractivity contribution in [3.05, 3.63) is 0 Å². The Labute approximate surface area is 119 Å². The van der Waals surface area contributed by atoms with E-state index in [1.165, 1.54) is 77.5 Å². The van der Waals surface area contributed by atoms with E-state index in [-0.39, 0.29) is 0 Å². The number of piperidine rings is 1. The van der Waals surface area contributed by atoms with E-state index in [1.54, 1.807) is 0 Å². The van der Waals surface area contributed by atoms with Crippen LogP contribution in [-0.4, -0.2) is 37.1 Å². The second-order valence-corrected chi connectivity index (χ2v) is 7.20. The van der Waals surface area contributed by atoms with E-state index in [0.717, 1.165) is 23.8 Å². The van der Waals surface area contributed by atoms with Gasteiger partial charge in [0, 0.05) is 12.6 Å². The monoisotopic (exact) mass is 264 g/mol. The summed E-state index contributed by atoms with van der Waals surface area (Å²) in [5, 5.41) is 3.64. The molecule has 1 N–H and O–H groups in total. The topological polar surface area (TPSA) is 15.3 Å². The van der Waals surface area contributed by atoms with E-state index in [2.05, 4.69) is 17.1 Å². The van der Waals surface area contributed by atoms with Gasteiger partial charge in [0.15, 0.2) is 0 Å². The van der Waals surface area contributed by atoms with Crippen molar-refractivity contribution in [2.75, 3.05) is 26.2 Å². The van der Waals surface area contributed by atoms with E-state index in [1.807, 2.05) is 0 Å². The average Bonchev–Trinajstić information content (AvgIpc) is 2.42. The molecule has 4 atom stereocenters. The molecule has 2 nitrogen and oxygen atoms in total. The highest BCUT2D eigenvalue weighted by Crippen LogP contribution is 2.40. The first-order valence-electron chi connectivity index (χ1n) is 8.83. The Morgan fingerprint density at radius 3 is 2.58 bits per heavy atom. The fourth-order valence-corrected chi connectivity index (χ4v) is 4.66. The summed E-state index contributed by atoms with van der Waals surface area (Å²) in [5.74, 6) is 3.08. The smallest absolute Gasteiger partial charge is 0.0136 e. The standard InChI is InChI=1S/C17H32N2/c1-2-10-18-12-15-7-8-17(15)19-11-9-14-5-3-4-6-16(14)13-19/h14-18H,2-13H2,1H3. The van der Waals surface area contributed by atoms with Gasteiger partial charge < -0.3 is 5.32 Å². The Morgan fingerprint density at radius 2 is 1.84 bits per heavy atom. The van der Waals surface area contributed by atoms with Crippen molar-refractivity contribution in [1.29, 1.82) is 0 Å². The molecule has 0 aromatic heterocycles. The van der Waals surface area contributed by atoms with Gasteiger partial charge in [0.2, 0.25) is 0 Å². The van der Waals surface area contributed by atoms with Gasteiger partial charge in [-0.3, -0.25) is 4.90 Å². The summed E-state index contributed by atoms with van der Waals surface area (Å²) >= 11 is 0. The molecule has 0 bridgehead atoms. The van der Waals surface area contributed by atoms with E-state index in [4.69, 9.17) is 0 Å². The Kier molecular flexibility index (Phi) is 4.81. The predicted molar refractivity (Wildman–Crippen MR) is 81.3 cm³/mol. The van der Waals surface area contributed by atoms with Gasteiger partial charge in [0.25, 0.3) is 0 Å². The molecule has 4 unspecified atom stereocenters. The summed E-state index contributed by atoms with van der Waals surface area (Å²) in [4.78, 5) is 2.87. The lowest BCUT2D eigenvalue weighted by molar-refractivity contribution is -0.00243. The Bertz CT molecular complexity index is 278. The third-order valence-corrected chi connectivity index (χ3v) is 6.00. The number of nitrogens with zero attached hydrogens (tertiary/aromatic N) is 1. The highest BCUT2D eigenvalue weighted by atomic mass is 15.2. The van der Waals surface area contributed by atoms with Crippen LogP contribution < -0.4 is 5.32 Å². The maximum atomic E-state index is 3.64. The van der Waals surface area contributed by atoms with Crippen molar-refractivity contribution in [3.63, 3.8) is 0 Å². The molecule has 0 radical (unpaired) electrons. The zero-order chi connectivity index (χ0) is 13.1. The quantitative estimate of drug-likeness (QED) is 0.767. The average molecular weight is 264 g/mol. The van der Waals surface area contributed by atoms with Crippen LogP contribution in [0, 0.1) is 17.8 Å². The molecule has 1 aliphatic heterocycles. The maximum Gasteiger partial charge on any atom is 0.0136 e. The molecule has 0 amide bonds. The van der Waals surface area contributed by atoms with Gasteiger partial charge in [0.05, 0.1) is 0 Å².